The first-order valence-corrected chi connectivity index (χ1v) is 6.35. The van der Waals surface area contributed by atoms with Gasteiger partial charge in [0.2, 0.25) is 0 Å². The lowest BCUT2D eigenvalue weighted by atomic mass is 9.81. The van der Waals surface area contributed by atoms with E-state index in [1.165, 1.54) is 19.3 Å². The fourth-order valence-electron chi connectivity index (χ4n) is 2.79. The number of carbonyl (C=O) groups is 1. The molecular formula is C13H23NO. The molecule has 1 aliphatic heterocycles. The Balaban J connectivity index is 1.92. The molecule has 0 aromatic rings. The Morgan fingerprint density at radius 2 is 1.87 bits per heavy atom. The molecule has 0 aromatic carbocycles. The van der Waals surface area contributed by atoms with Gasteiger partial charge in [0.25, 0.3) is 0 Å². The second kappa shape index (κ2) is 4.25. The van der Waals surface area contributed by atoms with Crippen LogP contribution in [0.25, 0.3) is 0 Å². The van der Waals surface area contributed by atoms with Crippen LogP contribution < -0.4 is 0 Å². The van der Waals surface area contributed by atoms with Gasteiger partial charge < -0.3 is 0 Å². The maximum Gasteiger partial charge on any atom is 0.149 e. The van der Waals surface area contributed by atoms with Crippen molar-refractivity contribution in [2.75, 3.05) is 13.1 Å². The Kier molecular flexibility index (Phi) is 3.15. The van der Waals surface area contributed by atoms with E-state index in [4.69, 9.17) is 0 Å². The van der Waals surface area contributed by atoms with Crippen molar-refractivity contribution in [3.8, 4) is 0 Å². The Morgan fingerprint density at radius 3 is 2.47 bits per heavy atom. The van der Waals surface area contributed by atoms with Gasteiger partial charge in [0, 0.05) is 6.42 Å². The monoisotopic (exact) mass is 209 g/mol. The molecule has 1 saturated carbocycles. The van der Waals surface area contributed by atoms with Crippen molar-refractivity contribution in [2.45, 2.75) is 58.4 Å². The average Bonchev–Trinajstić information content (AvgIpc) is 2.19. The van der Waals surface area contributed by atoms with Crippen molar-refractivity contribution in [3.63, 3.8) is 0 Å². The molecule has 2 rings (SSSR count). The Labute approximate surface area is 93.0 Å². The zero-order valence-electron chi connectivity index (χ0n) is 10.1. The number of piperidine rings is 1. The van der Waals surface area contributed by atoms with E-state index in [9.17, 15) is 4.79 Å². The number of nitrogens with zero attached hydrogens (tertiary/aromatic N) is 1. The minimum absolute atomic E-state index is 0.273. The Bertz CT molecular complexity index is 237. The SMILES string of the molecule is CC1(C)CCN(C2CCCCC2=O)CC1. The first kappa shape index (κ1) is 11.1. The molecule has 1 heterocycles. The molecule has 2 aliphatic rings. The molecule has 0 radical (unpaired) electrons. The van der Waals surface area contributed by atoms with Crippen LogP contribution in [0.1, 0.15) is 52.4 Å². The summed E-state index contributed by atoms with van der Waals surface area (Å²) in [5.41, 5.74) is 0.494. The van der Waals surface area contributed by atoms with Crippen LogP contribution in [0, 0.1) is 5.41 Å². The van der Waals surface area contributed by atoms with Gasteiger partial charge in [-0.25, -0.2) is 0 Å². The Morgan fingerprint density at radius 1 is 1.20 bits per heavy atom. The molecule has 2 fully saturated rings. The van der Waals surface area contributed by atoms with E-state index in [2.05, 4.69) is 18.7 Å². The normalized spacial score (nSPS) is 32.9. The van der Waals surface area contributed by atoms with E-state index in [1.807, 2.05) is 0 Å². The van der Waals surface area contributed by atoms with E-state index in [0.29, 0.717) is 11.2 Å². The van der Waals surface area contributed by atoms with E-state index in [1.54, 1.807) is 0 Å². The van der Waals surface area contributed by atoms with E-state index in [0.717, 1.165) is 32.4 Å². The van der Waals surface area contributed by atoms with Crippen LogP contribution in [0.4, 0.5) is 0 Å². The second-order valence-corrected chi connectivity index (χ2v) is 5.93. The summed E-state index contributed by atoms with van der Waals surface area (Å²) < 4.78 is 0. The quantitative estimate of drug-likeness (QED) is 0.661. The number of rotatable bonds is 1. The van der Waals surface area contributed by atoms with Crippen LogP contribution in [-0.4, -0.2) is 29.8 Å². The summed E-state index contributed by atoms with van der Waals surface area (Å²) in [6.07, 6.45) is 6.79. The highest BCUT2D eigenvalue weighted by atomic mass is 16.1. The van der Waals surface area contributed by atoms with Crippen LogP contribution in [0.2, 0.25) is 0 Å². The lowest BCUT2D eigenvalue weighted by molar-refractivity contribution is -0.127. The summed E-state index contributed by atoms with van der Waals surface area (Å²) >= 11 is 0. The number of hydrogen-bond donors (Lipinski definition) is 0. The molecule has 2 nitrogen and oxygen atoms in total. The molecular weight excluding hydrogens is 186 g/mol. The molecule has 1 saturated heterocycles. The number of hydrogen-bond acceptors (Lipinski definition) is 2. The second-order valence-electron chi connectivity index (χ2n) is 5.93. The van der Waals surface area contributed by atoms with Crippen molar-refractivity contribution in [3.05, 3.63) is 0 Å². The summed E-state index contributed by atoms with van der Waals surface area (Å²) in [6.45, 7) is 6.94. The summed E-state index contributed by atoms with van der Waals surface area (Å²) in [7, 11) is 0. The van der Waals surface area contributed by atoms with Crippen LogP contribution in [-0.2, 0) is 4.79 Å². The van der Waals surface area contributed by atoms with Crippen molar-refractivity contribution in [2.24, 2.45) is 5.41 Å². The zero-order valence-corrected chi connectivity index (χ0v) is 10.1. The topological polar surface area (TPSA) is 20.3 Å². The van der Waals surface area contributed by atoms with Crippen molar-refractivity contribution in [1.82, 2.24) is 4.90 Å². The number of likely N-dealkylation sites (tertiary alicyclic amines) is 1. The molecule has 15 heavy (non-hydrogen) atoms. The first-order chi connectivity index (χ1) is 7.08. The fraction of sp³-hybridized carbons (Fsp3) is 0.923. The molecule has 1 unspecified atom stereocenters. The van der Waals surface area contributed by atoms with Gasteiger partial charge in [0.15, 0.2) is 0 Å². The number of ketones is 1. The molecule has 0 N–H and O–H groups in total. The van der Waals surface area contributed by atoms with E-state index >= 15 is 0 Å². The third kappa shape index (κ3) is 2.60. The molecule has 1 atom stereocenters. The summed E-state index contributed by atoms with van der Waals surface area (Å²) in [5.74, 6) is 0.501. The minimum Gasteiger partial charge on any atom is -0.298 e. The molecule has 2 heteroatoms. The van der Waals surface area contributed by atoms with Gasteiger partial charge in [-0.3, -0.25) is 9.69 Å². The Hall–Kier alpha value is -0.370. The van der Waals surface area contributed by atoms with E-state index < -0.39 is 0 Å². The highest BCUT2D eigenvalue weighted by Gasteiger charge is 2.33. The minimum atomic E-state index is 0.273. The summed E-state index contributed by atoms with van der Waals surface area (Å²) in [4.78, 5) is 14.3. The largest absolute Gasteiger partial charge is 0.298 e. The molecule has 0 spiro atoms. The maximum absolute atomic E-state index is 11.8. The summed E-state index contributed by atoms with van der Waals surface area (Å²) in [5, 5.41) is 0. The van der Waals surface area contributed by atoms with Crippen molar-refractivity contribution in [1.29, 1.82) is 0 Å². The molecule has 86 valence electrons. The maximum atomic E-state index is 11.8. The molecule has 0 bridgehead atoms. The third-order valence-corrected chi connectivity index (χ3v) is 4.11. The molecule has 0 aromatic heterocycles. The third-order valence-electron chi connectivity index (χ3n) is 4.11. The zero-order chi connectivity index (χ0) is 10.9. The summed E-state index contributed by atoms with van der Waals surface area (Å²) in [6, 6.07) is 0.273. The highest BCUT2D eigenvalue weighted by Crippen LogP contribution is 2.32. The van der Waals surface area contributed by atoms with Gasteiger partial charge >= 0.3 is 0 Å². The number of carbonyl (C=O) groups excluding carboxylic acids is 1. The average molecular weight is 209 g/mol. The van der Waals surface area contributed by atoms with Crippen LogP contribution in [0.15, 0.2) is 0 Å². The van der Waals surface area contributed by atoms with Gasteiger partial charge in [-0.1, -0.05) is 20.3 Å². The van der Waals surface area contributed by atoms with Crippen molar-refractivity contribution >= 4 is 5.78 Å². The smallest absolute Gasteiger partial charge is 0.149 e. The molecule has 0 amide bonds. The van der Waals surface area contributed by atoms with E-state index in [-0.39, 0.29) is 6.04 Å². The predicted octanol–water partition coefficient (Wildman–Crippen LogP) is 2.62. The van der Waals surface area contributed by atoms with Crippen LogP contribution >= 0.6 is 0 Å². The van der Waals surface area contributed by atoms with Crippen LogP contribution in [0.3, 0.4) is 0 Å². The van der Waals surface area contributed by atoms with Crippen LogP contribution in [0.5, 0.6) is 0 Å². The number of Topliss-reactive ketones (excluding diaryl/α,β-unsaturated/α-hetero) is 1. The van der Waals surface area contributed by atoms with Gasteiger partial charge in [-0.15, -0.1) is 0 Å². The lowest BCUT2D eigenvalue weighted by Crippen LogP contribution is -2.48. The first-order valence-electron chi connectivity index (χ1n) is 6.35. The van der Waals surface area contributed by atoms with Gasteiger partial charge in [-0.05, 0) is 44.2 Å². The molecule has 1 aliphatic carbocycles. The fourth-order valence-corrected chi connectivity index (χ4v) is 2.79. The van der Waals surface area contributed by atoms with Crippen molar-refractivity contribution < 1.29 is 4.79 Å². The lowest BCUT2D eigenvalue weighted by Gasteiger charge is -2.41. The predicted molar refractivity (Wildman–Crippen MR) is 61.9 cm³/mol. The van der Waals surface area contributed by atoms with Gasteiger partial charge in [0.05, 0.1) is 6.04 Å². The highest BCUT2D eigenvalue weighted by molar-refractivity contribution is 5.84. The standard InChI is InChI=1S/C13H23NO/c1-13(2)7-9-14(10-8-13)11-5-3-4-6-12(11)15/h11H,3-10H2,1-2H3. The van der Waals surface area contributed by atoms with Gasteiger partial charge in [0.1, 0.15) is 5.78 Å². The van der Waals surface area contributed by atoms with Gasteiger partial charge in [-0.2, -0.15) is 0 Å².